The molecule has 1 fully saturated rings. The third kappa shape index (κ3) is 1.15. The summed E-state index contributed by atoms with van der Waals surface area (Å²) in [5, 5.41) is 0. The van der Waals surface area contributed by atoms with Gasteiger partial charge in [0.15, 0.2) is 0 Å². The Morgan fingerprint density at radius 3 is 2.75 bits per heavy atom. The van der Waals surface area contributed by atoms with Crippen LogP contribution in [-0.4, -0.2) is 17.1 Å². The van der Waals surface area contributed by atoms with Gasteiger partial charge >= 0.3 is 0 Å². The molecule has 0 aromatic carbocycles. The van der Waals surface area contributed by atoms with E-state index in [9.17, 15) is 0 Å². The average molecular weight is 164 g/mol. The van der Waals surface area contributed by atoms with Crippen molar-refractivity contribution < 1.29 is 4.74 Å². The zero-order valence-corrected chi connectivity index (χ0v) is 7.37. The van der Waals surface area contributed by atoms with Gasteiger partial charge in [-0.05, 0) is 25.7 Å². The van der Waals surface area contributed by atoms with Crippen LogP contribution in [-0.2, 0) is 0 Å². The maximum Gasteiger partial charge on any atom is 0.219 e. The van der Waals surface area contributed by atoms with Gasteiger partial charge in [0.2, 0.25) is 5.88 Å². The predicted molar refractivity (Wildman–Crippen MR) is 45.3 cm³/mol. The van der Waals surface area contributed by atoms with Gasteiger partial charge in [-0.2, -0.15) is 0 Å². The molecule has 1 heterocycles. The highest BCUT2D eigenvalue weighted by Crippen LogP contribution is 2.44. The lowest BCUT2D eigenvalue weighted by Gasteiger charge is -2.07. The van der Waals surface area contributed by atoms with Crippen molar-refractivity contribution in [2.24, 2.45) is 0 Å². The Hall–Kier alpha value is -1.12. The molecule has 0 spiro atoms. The number of aromatic nitrogens is 2. The van der Waals surface area contributed by atoms with E-state index in [0.29, 0.717) is 5.92 Å². The number of hydrogen-bond donors (Lipinski definition) is 0. The molecule has 12 heavy (non-hydrogen) atoms. The monoisotopic (exact) mass is 164 g/mol. The van der Waals surface area contributed by atoms with Crippen molar-refractivity contribution in [1.82, 2.24) is 9.97 Å². The SMILES string of the molecule is COc1ncnc(C)c1C1CC1. The number of hydrogen-bond acceptors (Lipinski definition) is 3. The van der Waals surface area contributed by atoms with Gasteiger partial charge in [0, 0.05) is 11.3 Å². The van der Waals surface area contributed by atoms with Gasteiger partial charge in [0.1, 0.15) is 6.33 Å². The number of rotatable bonds is 2. The average Bonchev–Trinajstić information content (AvgIpc) is 2.87. The molecule has 1 aromatic heterocycles. The van der Waals surface area contributed by atoms with Crippen molar-refractivity contribution in [3.05, 3.63) is 17.6 Å². The number of ether oxygens (including phenoxy) is 1. The molecule has 1 aliphatic rings. The van der Waals surface area contributed by atoms with Crippen LogP contribution in [0, 0.1) is 6.92 Å². The normalized spacial score (nSPS) is 16.2. The molecule has 1 saturated carbocycles. The van der Waals surface area contributed by atoms with Gasteiger partial charge in [0.25, 0.3) is 0 Å². The van der Waals surface area contributed by atoms with E-state index in [1.54, 1.807) is 13.4 Å². The van der Waals surface area contributed by atoms with Crippen LogP contribution < -0.4 is 4.74 Å². The van der Waals surface area contributed by atoms with E-state index >= 15 is 0 Å². The van der Waals surface area contributed by atoms with Crippen molar-refractivity contribution in [2.75, 3.05) is 7.11 Å². The minimum Gasteiger partial charge on any atom is -0.481 e. The zero-order valence-electron chi connectivity index (χ0n) is 7.37. The Morgan fingerprint density at radius 1 is 1.42 bits per heavy atom. The molecular formula is C9H12N2O. The number of methoxy groups -OCH3 is 1. The topological polar surface area (TPSA) is 35.0 Å². The molecule has 2 rings (SSSR count). The first-order chi connectivity index (χ1) is 5.83. The van der Waals surface area contributed by atoms with Crippen LogP contribution in [0.5, 0.6) is 5.88 Å². The highest BCUT2D eigenvalue weighted by Gasteiger charge is 2.29. The Bertz CT molecular complexity index is 295. The minimum atomic E-state index is 0.654. The largest absolute Gasteiger partial charge is 0.481 e. The summed E-state index contributed by atoms with van der Waals surface area (Å²) in [4.78, 5) is 8.24. The lowest BCUT2D eigenvalue weighted by atomic mass is 10.1. The Kier molecular flexibility index (Phi) is 1.71. The fourth-order valence-electron chi connectivity index (χ4n) is 1.47. The molecule has 3 nitrogen and oxygen atoms in total. The molecule has 1 aliphatic carbocycles. The second-order valence-corrected chi connectivity index (χ2v) is 3.16. The Morgan fingerprint density at radius 2 is 2.17 bits per heavy atom. The van der Waals surface area contributed by atoms with E-state index in [1.807, 2.05) is 6.92 Å². The maximum absolute atomic E-state index is 5.18. The molecule has 0 saturated heterocycles. The van der Waals surface area contributed by atoms with Crippen LogP contribution in [0.25, 0.3) is 0 Å². The lowest BCUT2D eigenvalue weighted by molar-refractivity contribution is 0.390. The second-order valence-electron chi connectivity index (χ2n) is 3.16. The molecule has 0 aliphatic heterocycles. The summed E-state index contributed by atoms with van der Waals surface area (Å²) in [5.74, 6) is 1.41. The van der Waals surface area contributed by atoms with Gasteiger partial charge in [-0.15, -0.1) is 0 Å². The van der Waals surface area contributed by atoms with E-state index in [1.165, 1.54) is 18.4 Å². The van der Waals surface area contributed by atoms with E-state index in [2.05, 4.69) is 9.97 Å². The quantitative estimate of drug-likeness (QED) is 0.667. The first-order valence-electron chi connectivity index (χ1n) is 4.18. The molecule has 0 amide bonds. The summed E-state index contributed by atoms with van der Waals surface area (Å²) in [5.41, 5.74) is 2.27. The van der Waals surface area contributed by atoms with Crippen LogP contribution in [0.4, 0.5) is 0 Å². The smallest absolute Gasteiger partial charge is 0.219 e. The summed E-state index contributed by atoms with van der Waals surface area (Å²) in [7, 11) is 1.66. The van der Waals surface area contributed by atoms with Gasteiger partial charge < -0.3 is 4.74 Å². The molecule has 3 heteroatoms. The summed E-state index contributed by atoms with van der Waals surface area (Å²) in [6, 6.07) is 0. The third-order valence-electron chi connectivity index (χ3n) is 2.23. The predicted octanol–water partition coefficient (Wildman–Crippen LogP) is 1.67. The van der Waals surface area contributed by atoms with Gasteiger partial charge in [-0.1, -0.05) is 0 Å². The summed E-state index contributed by atoms with van der Waals surface area (Å²) in [6.45, 7) is 2.01. The third-order valence-corrected chi connectivity index (χ3v) is 2.23. The van der Waals surface area contributed by atoms with Crippen LogP contribution in [0.1, 0.15) is 30.0 Å². The van der Waals surface area contributed by atoms with E-state index < -0.39 is 0 Å². The fraction of sp³-hybridized carbons (Fsp3) is 0.556. The van der Waals surface area contributed by atoms with Crippen LogP contribution >= 0.6 is 0 Å². The second kappa shape index (κ2) is 2.73. The van der Waals surface area contributed by atoms with Gasteiger partial charge in [-0.3, -0.25) is 0 Å². The van der Waals surface area contributed by atoms with Gasteiger partial charge in [-0.25, -0.2) is 9.97 Å². The van der Waals surface area contributed by atoms with Crippen molar-refractivity contribution >= 4 is 0 Å². The fourth-order valence-corrected chi connectivity index (χ4v) is 1.47. The van der Waals surface area contributed by atoms with Crippen molar-refractivity contribution in [2.45, 2.75) is 25.7 Å². The highest BCUT2D eigenvalue weighted by atomic mass is 16.5. The van der Waals surface area contributed by atoms with Crippen molar-refractivity contribution in [3.63, 3.8) is 0 Å². The van der Waals surface area contributed by atoms with E-state index in [-0.39, 0.29) is 0 Å². The van der Waals surface area contributed by atoms with Crippen molar-refractivity contribution in [1.29, 1.82) is 0 Å². The summed E-state index contributed by atoms with van der Waals surface area (Å²) < 4.78 is 5.18. The molecule has 0 radical (unpaired) electrons. The summed E-state index contributed by atoms with van der Waals surface area (Å²) >= 11 is 0. The molecule has 0 bridgehead atoms. The van der Waals surface area contributed by atoms with Gasteiger partial charge in [0.05, 0.1) is 7.11 Å². The molecule has 1 aromatic rings. The summed E-state index contributed by atoms with van der Waals surface area (Å²) in [6.07, 6.45) is 4.06. The Labute approximate surface area is 71.8 Å². The van der Waals surface area contributed by atoms with Crippen LogP contribution in [0.2, 0.25) is 0 Å². The van der Waals surface area contributed by atoms with Crippen molar-refractivity contribution in [3.8, 4) is 5.88 Å². The number of aryl methyl sites for hydroxylation is 1. The standard InChI is InChI=1S/C9H12N2O/c1-6-8(7-3-4-7)9(12-2)11-5-10-6/h5,7H,3-4H2,1-2H3. The lowest BCUT2D eigenvalue weighted by Crippen LogP contribution is -1.98. The molecular weight excluding hydrogens is 152 g/mol. The first-order valence-corrected chi connectivity index (χ1v) is 4.18. The maximum atomic E-state index is 5.18. The minimum absolute atomic E-state index is 0.654. The molecule has 64 valence electrons. The molecule has 0 N–H and O–H groups in total. The molecule has 0 unspecified atom stereocenters. The number of nitrogens with zero attached hydrogens (tertiary/aromatic N) is 2. The van der Waals surface area contributed by atoms with Crippen LogP contribution in [0.3, 0.4) is 0 Å². The first kappa shape index (κ1) is 7.53. The van der Waals surface area contributed by atoms with E-state index in [4.69, 9.17) is 4.74 Å². The highest BCUT2D eigenvalue weighted by molar-refractivity contribution is 5.35. The zero-order chi connectivity index (χ0) is 8.55. The van der Waals surface area contributed by atoms with Crippen LogP contribution in [0.15, 0.2) is 6.33 Å². The Balaban J connectivity index is 2.45. The molecule has 0 atom stereocenters. The van der Waals surface area contributed by atoms with E-state index in [0.717, 1.165) is 11.6 Å².